The Kier molecular flexibility index (Phi) is 3.71. The molecular formula is C17H26N6. The fraction of sp³-hybridized carbons (Fsp3) is 0.706. The highest BCUT2D eigenvalue weighted by Crippen LogP contribution is 2.40. The zero-order valence-corrected chi connectivity index (χ0v) is 14.3. The van der Waals surface area contributed by atoms with Crippen molar-refractivity contribution in [2.75, 3.05) is 24.5 Å². The maximum atomic E-state index is 4.69. The number of piperazine rings is 1. The lowest BCUT2D eigenvalue weighted by molar-refractivity contribution is 0.133. The average molecular weight is 314 g/mol. The first-order valence-electron chi connectivity index (χ1n) is 8.89. The van der Waals surface area contributed by atoms with Gasteiger partial charge in [0.25, 0.3) is 0 Å². The van der Waals surface area contributed by atoms with Crippen LogP contribution >= 0.6 is 0 Å². The summed E-state index contributed by atoms with van der Waals surface area (Å²) in [7, 11) is 0. The topological polar surface area (TPSA) is 49.6 Å². The van der Waals surface area contributed by atoms with Crippen molar-refractivity contribution in [3.8, 4) is 0 Å². The van der Waals surface area contributed by atoms with E-state index in [1.54, 1.807) is 6.33 Å². The summed E-state index contributed by atoms with van der Waals surface area (Å²) >= 11 is 0. The van der Waals surface area contributed by atoms with Crippen molar-refractivity contribution >= 4 is 11.3 Å². The second-order valence-corrected chi connectivity index (χ2v) is 7.17. The SMILES string of the molecule is CCC1CN(c2cc(C3CC3)nn3cnnc23)CCN1C(C)C. The summed E-state index contributed by atoms with van der Waals surface area (Å²) in [5, 5.41) is 13.1. The molecule has 6 nitrogen and oxygen atoms in total. The van der Waals surface area contributed by atoms with Gasteiger partial charge in [0.2, 0.25) is 5.65 Å². The summed E-state index contributed by atoms with van der Waals surface area (Å²) in [5.74, 6) is 0.638. The van der Waals surface area contributed by atoms with Gasteiger partial charge in [0.1, 0.15) is 6.33 Å². The van der Waals surface area contributed by atoms with Gasteiger partial charge in [-0.25, -0.2) is 0 Å². The second kappa shape index (κ2) is 5.74. The lowest BCUT2D eigenvalue weighted by atomic mass is 10.1. The van der Waals surface area contributed by atoms with Crippen molar-refractivity contribution in [1.29, 1.82) is 0 Å². The van der Waals surface area contributed by atoms with Crippen molar-refractivity contribution in [2.45, 2.75) is 58.0 Å². The summed E-state index contributed by atoms with van der Waals surface area (Å²) in [4.78, 5) is 5.12. The highest BCUT2D eigenvalue weighted by atomic mass is 15.4. The molecule has 6 heteroatoms. The Morgan fingerprint density at radius 1 is 1.26 bits per heavy atom. The molecule has 23 heavy (non-hydrogen) atoms. The Hall–Kier alpha value is -1.69. The molecule has 124 valence electrons. The third kappa shape index (κ3) is 2.69. The minimum atomic E-state index is 0.601. The number of fused-ring (bicyclic) bond motifs is 1. The first-order valence-corrected chi connectivity index (χ1v) is 8.89. The number of hydrogen-bond donors (Lipinski definition) is 0. The lowest BCUT2D eigenvalue weighted by Gasteiger charge is -2.44. The average Bonchev–Trinajstić information content (AvgIpc) is 3.31. The summed E-state index contributed by atoms with van der Waals surface area (Å²) in [6.07, 6.45) is 5.43. The molecule has 2 aromatic rings. The van der Waals surface area contributed by atoms with Crippen molar-refractivity contribution in [1.82, 2.24) is 24.7 Å². The molecule has 1 saturated heterocycles. The van der Waals surface area contributed by atoms with Crippen LogP contribution in [0, 0.1) is 0 Å². The van der Waals surface area contributed by atoms with Gasteiger partial charge in [-0.2, -0.15) is 9.61 Å². The Labute approximate surface area is 137 Å². The van der Waals surface area contributed by atoms with E-state index in [1.807, 2.05) is 4.52 Å². The molecule has 3 heterocycles. The number of rotatable bonds is 4. The van der Waals surface area contributed by atoms with Crippen LogP contribution in [-0.2, 0) is 0 Å². The molecule has 0 amide bonds. The van der Waals surface area contributed by atoms with Gasteiger partial charge >= 0.3 is 0 Å². The van der Waals surface area contributed by atoms with Crippen LogP contribution in [0.15, 0.2) is 12.4 Å². The third-order valence-corrected chi connectivity index (χ3v) is 5.27. The van der Waals surface area contributed by atoms with E-state index in [0.717, 1.165) is 25.3 Å². The van der Waals surface area contributed by atoms with E-state index in [1.165, 1.54) is 30.6 Å². The molecule has 4 rings (SSSR count). The van der Waals surface area contributed by atoms with Crippen LogP contribution in [0.3, 0.4) is 0 Å². The van der Waals surface area contributed by atoms with E-state index < -0.39 is 0 Å². The maximum Gasteiger partial charge on any atom is 0.200 e. The minimum Gasteiger partial charge on any atom is -0.366 e. The molecule has 0 spiro atoms. The van der Waals surface area contributed by atoms with Gasteiger partial charge in [-0.1, -0.05) is 6.92 Å². The van der Waals surface area contributed by atoms with E-state index >= 15 is 0 Å². The molecule has 1 unspecified atom stereocenters. The smallest absolute Gasteiger partial charge is 0.200 e. The van der Waals surface area contributed by atoms with Crippen LogP contribution in [0.5, 0.6) is 0 Å². The Morgan fingerprint density at radius 2 is 2.09 bits per heavy atom. The Bertz CT molecular complexity index is 689. The number of hydrogen-bond acceptors (Lipinski definition) is 5. The monoisotopic (exact) mass is 314 g/mol. The molecule has 1 atom stereocenters. The number of nitrogens with zero attached hydrogens (tertiary/aromatic N) is 6. The summed E-state index contributed by atoms with van der Waals surface area (Å²) < 4.78 is 1.86. The third-order valence-electron chi connectivity index (χ3n) is 5.27. The standard InChI is InChI=1S/C17H26N6/c1-4-14-10-21(7-8-22(14)12(2)3)16-9-15(13-5-6-13)20-23-11-18-19-17(16)23/h9,11-14H,4-8,10H2,1-3H3. The van der Waals surface area contributed by atoms with Gasteiger partial charge in [-0.05, 0) is 39.2 Å². The number of anilines is 1. The van der Waals surface area contributed by atoms with Crippen LogP contribution in [-0.4, -0.2) is 56.4 Å². The zero-order valence-electron chi connectivity index (χ0n) is 14.3. The summed E-state index contributed by atoms with van der Waals surface area (Å²) in [5.41, 5.74) is 3.30. The molecule has 0 aromatic carbocycles. The Morgan fingerprint density at radius 3 is 2.78 bits per heavy atom. The zero-order chi connectivity index (χ0) is 16.0. The van der Waals surface area contributed by atoms with Crippen LogP contribution in [0.4, 0.5) is 5.69 Å². The predicted molar refractivity (Wildman–Crippen MR) is 90.9 cm³/mol. The largest absolute Gasteiger partial charge is 0.366 e. The van der Waals surface area contributed by atoms with Crippen molar-refractivity contribution in [3.63, 3.8) is 0 Å². The van der Waals surface area contributed by atoms with Gasteiger partial charge in [-0.3, -0.25) is 4.90 Å². The molecule has 2 aliphatic rings. The van der Waals surface area contributed by atoms with Gasteiger partial charge < -0.3 is 4.90 Å². The van der Waals surface area contributed by atoms with E-state index in [2.05, 4.69) is 51.9 Å². The van der Waals surface area contributed by atoms with Crippen molar-refractivity contribution in [3.05, 3.63) is 18.1 Å². The first-order chi connectivity index (χ1) is 11.2. The van der Waals surface area contributed by atoms with E-state index in [9.17, 15) is 0 Å². The fourth-order valence-electron chi connectivity index (χ4n) is 3.77. The van der Waals surface area contributed by atoms with E-state index in [4.69, 9.17) is 0 Å². The lowest BCUT2D eigenvalue weighted by Crippen LogP contribution is -2.55. The summed E-state index contributed by atoms with van der Waals surface area (Å²) in [6, 6.07) is 3.47. The van der Waals surface area contributed by atoms with Crippen molar-refractivity contribution in [2.24, 2.45) is 0 Å². The van der Waals surface area contributed by atoms with Crippen LogP contribution in [0.2, 0.25) is 0 Å². The van der Waals surface area contributed by atoms with Crippen LogP contribution < -0.4 is 4.90 Å². The van der Waals surface area contributed by atoms with Gasteiger partial charge in [0, 0.05) is 37.6 Å². The molecule has 0 N–H and O–H groups in total. The fourth-order valence-corrected chi connectivity index (χ4v) is 3.77. The van der Waals surface area contributed by atoms with Crippen molar-refractivity contribution < 1.29 is 0 Å². The quantitative estimate of drug-likeness (QED) is 0.867. The second-order valence-electron chi connectivity index (χ2n) is 7.17. The normalized spacial score (nSPS) is 23.1. The van der Waals surface area contributed by atoms with E-state index in [-0.39, 0.29) is 0 Å². The molecular weight excluding hydrogens is 288 g/mol. The van der Waals surface area contributed by atoms with Gasteiger partial charge in [0.15, 0.2) is 0 Å². The minimum absolute atomic E-state index is 0.601. The van der Waals surface area contributed by atoms with Gasteiger partial charge in [-0.15, -0.1) is 10.2 Å². The Balaban J connectivity index is 1.67. The molecule has 1 saturated carbocycles. The molecule has 1 aliphatic carbocycles. The molecule has 2 fully saturated rings. The maximum absolute atomic E-state index is 4.69. The van der Waals surface area contributed by atoms with Crippen LogP contribution in [0.25, 0.3) is 5.65 Å². The van der Waals surface area contributed by atoms with Crippen LogP contribution in [0.1, 0.15) is 51.6 Å². The predicted octanol–water partition coefficient (Wildman–Crippen LogP) is 2.31. The molecule has 1 aliphatic heterocycles. The van der Waals surface area contributed by atoms with E-state index in [0.29, 0.717) is 18.0 Å². The van der Waals surface area contributed by atoms with Gasteiger partial charge in [0.05, 0.1) is 11.4 Å². The molecule has 0 radical (unpaired) electrons. The first kappa shape index (κ1) is 14.9. The highest BCUT2D eigenvalue weighted by molar-refractivity contribution is 5.69. The molecule has 2 aromatic heterocycles. The molecule has 0 bridgehead atoms. The number of aromatic nitrogens is 4. The highest BCUT2D eigenvalue weighted by Gasteiger charge is 2.31. The summed E-state index contributed by atoms with van der Waals surface area (Å²) in [6.45, 7) is 10.1.